The third-order valence-electron chi connectivity index (χ3n) is 6.30. The van der Waals surface area contributed by atoms with Crippen LogP contribution in [0.2, 0.25) is 0 Å². The Morgan fingerprint density at radius 3 is 2.28 bits per heavy atom. The molecule has 8 nitrogen and oxygen atoms in total. The number of fused-ring (bicyclic) bond motifs is 1. The predicted molar refractivity (Wildman–Crippen MR) is 137 cm³/mol. The minimum atomic E-state index is 0.0519. The van der Waals surface area contributed by atoms with Gasteiger partial charge in [0.15, 0.2) is 0 Å². The number of hydrogen-bond acceptors (Lipinski definition) is 6. The lowest BCUT2D eigenvalue weighted by Gasteiger charge is -2.34. The van der Waals surface area contributed by atoms with Gasteiger partial charge in [0, 0.05) is 50.7 Å². The van der Waals surface area contributed by atoms with E-state index in [0.29, 0.717) is 37.6 Å². The highest BCUT2D eigenvalue weighted by Gasteiger charge is 2.22. The molecule has 0 unspecified atom stereocenters. The summed E-state index contributed by atoms with van der Waals surface area (Å²) < 4.78 is 18.8. The smallest absolute Gasteiger partial charge is 0.253 e. The fourth-order valence-corrected chi connectivity index (χ4v) is 4.23. The van der Waals surface area contributed by atoms with Crippen LogP contribution in [0, 0.1) is 0 Å². The number of benzene rings is 2. The van der Waals surface area contributed by atoms with Gasteiger partial charge in [-0.3, -0.25) is 9.69 Å². The number of hydrogen-bond donors (Lipinski definition) is 0. The van der Waals surface area contributed by atoms with Gasteiger partial charge in [-0.25, -0.2) is 4.98 Å². The number of pyridine rings is 1. The molecule has 0 atom stereocenters. The van der Waals surface area contributed by atoms with Crippen LogP contribution in [-0.2, 0) is 6.61 Å². The maximum absolute atomic E-state index is 13.0. The highest BCUT2D eigenvalue weighted by atomic mass is 16.5. The molecule has 0 radical (unpaired) electrons. The van der Waals surface area contributed by atoms with E-state index in [2.05, 4.69) is 9.88 Å². The lowest BCUT2D eigenvalue weighted by molar-refractivity contribution is 0.0620. The highest BCUT2D eigenvalue weighted by molar-refractivity contribution is 5.94. The average molecular weight is 487 g/mol. The Labute approximate surface area is 210 Å². The van der Waals surface area contributed by atoms with E-state index >= 15 is 0 Å². The Kier molecular flexibility index (Phi) is 7.33. The molecule has 0 spiro atoms. The van der Waals surface area contributed by atoms with Crippen LogP contribution in [-0.4, -0.2) is 71.5 Å². The van der Waals surface area contributed by atoms with Crippen molar-refractivity contribution in [2.75, 3.05) is 46.4 Å². The van der Waals surface area contributed by atoms with Crippen molar-refractivity contribution < 1.29 is 19.0 Å². The summed E-state index contributed by atoms with van der Waals surface area (Å²) in [4.78, 5) is 21.7. The number of piperazine rings is 1. The zero-order valence-electron chi connectivity index (χ0n) is 20.4. The summed E-state index contributed by atoms with van der Waals surface area (Å²) in [6.07, 6.45) is 3.92. The molecule has 0 saturated carbocycles. The standard InChI is InChI=1S/C28H30N4O4/c1-34-24-9-11-25(12-10-24)35-19-18-30-14-16-31(17-15-30)28(33)22-5-7-26(8-6-22)36-21-23-20-32-13-3-2-4-27(32)29-23/h2-13,20H,14-19,21H2,1H3. The minimum absolute atomic E-state index is 0.0519. The van der Waals surface area contributed by atoms with Gasteiger partial charge in [-0.05, 0) is 60.7 Å². The first-order valence-electron chi connectivity index (χ1n) is 12.1. The van der Waals surface area contributed by atoms with Gasteiger partial charge in [0.05, 0.1) is 12.8 Å². The average Bonchev–Trinajstić information content (AvgIpc) is 3.36. The molecule has 2 aromatic carbocycles. The predicted octanol–water partition coefficient (Wildman–Crippen LogP) is 3.76. The Morgan fingerprint density at radius 1 is 0.861 bits per heavy atom. The number of aromatic nitrogens is 2. The van der Waals surface area contributed by atoms with Gasteiger partial charge in [0.25, 0.3) is 5.91 Å². The molecule has 8 heteroatoms. The van der Waals surface area contributed by atoms with E-state index in [-0.39, 0.29) is 5.91 Å². The molecule has 5 rings (SSSR count). The van der Waals surface area contributed by atoms with Crippen molar-refractivity contribution >= 4 is 11.6 Å². The first-order valence-corrected chi connectivity index (χ1v) is 12.1. The molecule has 1 amide bonds. The van der Waals surface area contributed by atoms with E-state index < -0.39 is 0 Å². The lowest BCUT2D eigenvalue weighted by atomic mass is 10.1. The summed E-state index contributed by atoms with van der Waals surface area (Å²) in [5.41, 5.74) is 2.42. The second kappa shape index (κ2) is 11.1. The van der Waals surface area contributed by atoms with Gasteiger partial charge < -0.3 is 23.5 Å². The third kappa shape index (κ3) is 5.78. The molecule has 1 aliphatic heterocycles. The van der Waals surface area contributed by atoms with Crippen LogP contribution in [0.1, 0.15) is 16.1 Å². The monoisotopic (exact) mass is 486 g/mol. The van der Waals surface area contributed by atoms with Crippen LogP contribution < -0.4 is 14.2 Å². The summed E-state index contributed by atoms with van der Waals surface area (Å²) in [6.45, 7) is 4.87. The number of carbonyl (C=O) groups is 1. The lowest BCUT2D eigenvalue weighted by Crippen LogP contribution is -2.49. The Bertz CT molecular complexity index is 1250. The fourth-order valence-electron chi connectivity index (χ4n) is 4.23. The summed E-state index contributed by atoms with van der Waals surface area (Å²) in [6, 6.07) is 20.8. The fraction of sp³-hybridized carbons (Fsp3) is 0.286. The topological polar surface area (TPSA) is 68.5 Å². The molecule has 36 heavy (non-hydrogen) atoms. The summed E-state index contributed by atoms with van der Waals surface area (Å²) in [5, 5.41) is 0. The summed E-state index contributed by atoms with van der Waals surface area (Å²) in [5.74, 6) is 2.41. The number of methoxy groups -OCH3 is 1. The second-order valence-electron chi connectivity index (χ2n) is 8.67. The van der Waals surface area contributed by atoms with Crippen molar-refractivity contribution in [2.24, 2.45) is 0 Å². The van der Waals surface area contributed by atoms with E-state index in [0.717, 1.165) is 42.5 Å². The maximum Gasteiger partial charge on any atom is 0.253 e. The van der Waals surface area contributed by atoms with Gasteiger partial charge in [-0.15, -0.1) is 0 Å². The number of nitrogens with zero attached hydrogens (tertiary/aromatic N) is 4. The summed E-state index contributed by atoms with van der Waals surface area (Å²) >= 11 is 0. The Balaban J connectivity index is 1.05. The number of amides is 1. The van der Waals surface area contributed by atoms with Gasteiger partial charge in [0.2, 0.25) is 0 Å². The highest BCUT2D eigenvalue weighted by Crippen LogP contribution is 2.18. The molecule has 0 bridgehead atoms. The van der Waals surface area contributed by atoms with E-state index in [1.165, 1.54) is 0 Å². The van der Waals surface area contributed by atoms with Gasteiger partial charge in [0.1, 0.15) is 36.1 Å². The van der Waals surface area contributed by atoms with E-state index in [1.54, 1.807) is 7.11 Å². The molecule has 0 N–H and O–H groups in total. The van der Waals surface area contributed by atoms with E-state index in [1.807, 2.05) is 88.4 Å². The Morgan fingerprint density at radius 2 is 1.56 bits per heavy atom. The zero-order valence-corrected chi connectivity index (χ0v) is 20.4. The molecule has 4 aromatic rings. The van der Waals surface area contributed by atoms with Crippen LogP contribution >= 0.6 is 0 Å². The largest absolute Gasteiger partial charge is 0.497 e. The molecule has 2 aromatic heterocycles. The van der Waals surface area contributed by atoms with E-state index in [9.17, 15) is 4.79 Å². The molecular weight excluding hydrogens is 456 g/mol. The van der Waals surface area contributed by atoms with Gasteiger partial charge in [-0.1, -0.05) is 6.07 Å². The maximum atomic E-state index is 13.0. The van der Waals surface area contributed by atoms with Crippen molar-refractivity contribution in [1.29, 1.82) is 0 Å². The molecular formula is C28H30N4O4. The molecule has 1 aliphatic rings. The number of carbonyl (C=O) groups excluding carboxylic acids is 1. The van der Waals surface area contributed by atoms with Crippen molar-refractivity contribution in [3.63, 3.8) is 0 Å². The minimum Gasteiger partial charge on any atom is -0.497 e. The van der Waals surface area contributed by atoms with Crippen LogP contribution in [0.5, 0.6) is 17.2 Å². The van der Waals surface area contributed by atoms with Crippen LogP contribution in [0.25, 0.3) is 5.65 Å². The first-order chi connectivity index (χ1) is 17.7. The van der Waals surface area contributed by atoms with Crippen LogP contribution in [0.15, 0.2) is 79.1 Å². The van der Waals surface area contributed by atoms with Crippen molar-refractivity contribution in [3.05, 3.63) is 90.4 Å². The normalized spacial score (nSPS) is 14.1. The molecule has 186 valence electrons. The van der Waals surface area contributed by atoms with Crippen molar-refractivity contribution in [1.82, 2.24) is 19.2 Å². The van der Waals surface area contributed by atoms with Gasteiger partial charge in [-0.2, -0.15) is 0 Å². The zero-order chi connectivity index (χ0) is 24.7. The van der Waals surface area contributed by atoms with Crippen LogP contribution in [0.3, 0.4) is 0 Å². The van der Waals surface area contributed by atoms with Crippen molar-refractivity contribution in [2.45, 2.75) is 6.61 Å². The van der Waals surface area contributed by atoms with E-state index in [4.69, 9.17) is 14.2 Å². The quantitative estimate of drug-likeness (QED) is 0.359. The molecule has 0 aliphatic carbocycles. The number of ether oxygens (including phenoxy) is 3. The summed E-state index contributed by atoms with van der Waals surface area (Å²) in [7, 11) is 1.65. The second-order valence-corrected chi connectivity index (χ2v) is 8.67. The molecule has 3 heterocycles. The molecule has 1 saturated heterocycles. The van der Waals surface area contributed by atoms with Crippen LogP contribution in [0.4, 0.5) is 0 Å². The SMILES string of the molecule is COc1ccc(OCCN2CCN(C(=O)c3ccc(OCc4cn5ccccc5n4)cc3)CC2)cc1. The number of rotatable bonds is 9. The first kappa shape index (κ1) is 23.7. The van der Waals surface area contributed by atoms with Crippen molar-refractivity contribution in [3.8, 4) is 17.2 Å². The van der Waals surface area contributed by atoms with Gasteiger partial charge >= 0.3 is 0 Å². The third-order valence-corrected chi connectivity index (χ3v) is 6.30. The molecule has 1 fully saturated rings. The Hall–Kier alpha value is -4.04. The number of imidazole rings is 1.